The predicted molar refractivity (Wildman–Crippen MR) is 106 cm³/mol. The second-order valence-corrected chi connectivity index (χ2v) is 9.67. The highest BCUT2D eigenvalue weighted by Crippen LogP contribution is 2.28. The van der Waals surface area contributed by atoms with Crippen LogP contribution >= 0.6 is 0 Å². The summed E-state index contributed by atoms with van der Waals surface area (Å²) in [6, 6.07) is 5.60. The zero-order chi connectivity index (χ0) is 20.9. The third-order valence-electron chi connectivity index (χ3n) is 5.32. The van der Waals surface area contributed by atoms with Crippen molar-refractivity contribution in [3.8, 4) is 0 Å². The molecule has 1 saturated carbocycles. The lowest BCUT2D eigenvalue weighted by atomic mass is 9.82. The van der Waals surface area contributed by atoms with Crippen molar-refractivity contribution in [2.45, 2.75) is 57.4 Å². The SMILES string of the molecule is Cc1ccc(S(=O)(=O)N[C@H](C(=O)NCC2CCC(C(=O)O)CC2)C(C)C)cc1. The second-order valence-electron chi connectivity index (χ2n) is 7.96. The topological polar surface area (TPSA) is 113 Å². The van der Waals surface area contributed by atoms with Gasteiger partial charge < -0.3 is 10.4 Å². The van der Waals surface area contributed by atoms with Crippen molar-refractivity contribution in [2.24, 2.45) is 17.8 Å². The normalized spacial score (nSPS) is 21.3. The van der Waals surface area contributed by atoms with E-state index >= 15 is 0 Å². The summed E-state index contributed by atoms with van der Waals surface area (Å²) in [5, 5.41) is 11.9. The maximum Gasteiger partial charge on any atom is 0.306 e. The van der Waals surface area contributed by atoms with Gasteiger partial charge in [0.25, 0.3) is 0 Å². The molecule has 0 saturated heterocycles. The van der Waals surface area contributed by atoms with E-state index in [0.29, 0.717) is 19.4 Å². The number of carboxylic acid groups (broad SMARTS) is 1. The van der Waals surface area contributed by atoms with Gasteiger partial charge in [-0.1, -0.05) is 31.5 Å². The first-order chi connectivity index (χ1) is 13.1. The van der Waals surface area contributed by atoms with E-state index in [0.717, 1.165) is 18.4 Å². The molecule has 156 valence electrons. The average molecular weight is 411 g/mol. The Morgan fingerprint density at radius 3 is 2.18 bits per heavy atom. The molecule has 0 aromatic heterocycles. The van der Waals surface area contributed by atoms with Crippen LogP contribution in [0.3, 0.4) is 0 Å². The third-order valence-corrected chi connectivity index (χ3v) is 6.78. The fourth-order valence-corrected chi connectivity index (χ4v) is 4.76. The van der Waals surface area contributed by atoms with E-state index in [1.165, 1.54) is 12.1 Å². The van der Waals surface area contributed by atoms with E-state index in [1.807, 2.05) is 6.92 Å². The van der Waals surface area contributed by atoms with E-state index in [1.54, 1.807) is 26.0 Å². The van der Waals surface area contributed by atoms with Gasteiger partial charge in [0.2, 0.25) is 15.9 Å². The molecule has 3 N–H and O–H groups in total. The molecule has 0 radical (unpaired) electrons. The second kappa shape index (κ2) is 9.52. The first-order valence-electron chi connectivity index (χ1n) is 9.69. The van der Waals surface area contributed by atoms with E-state index in [-0.39, 0.29) is 28.6 Å². The number of rotatable bonds is 8. The van der Waals surface area contributed by atoms with Crippen molar-refractivity contribution in [3.05, 3.63) is 29.8 Å². The van der Waals surface area contributed by atoms with Crippen molar-refractivity contribution in [1.82, 2.24) is 10.0 Å². The van der Waals surface area contributed by atoms with E-state index in [2.05, 4.69) is 10.0 Å². The summed E-state index contributed by atoms with van der Waals surface area (Å²) in [6.45, 7) is 5.89. The number of carbonyl (C=O) groups is 2. The van der Waals surface area contributed by atoms with Crippen molar-refractivity contribution >= 4 is 21.9 Å². The van der Waals surface area contributed by atoms with Gasteiger partial charge in [-0.3, -0.25) is 9.59 Å². The number of benzene rings is 1. The number of sulfonamides is 1. The van der Waals surface area contributed by atoms with Gasteiger partial charge >= 0.3 is 5.97 Å². The van der Waals surface area contributed by atoms with Crippen LogP contribution < -0.4 is 10.0 Å². The quantitative estimate of drug-likeness (QED) is 0.609. The van der Waals surface area contributed by atoms with Crippen molar-refractivity contribution in [2.75, 3.05) is 6.54 Å². The van der Waals surface area contributed by atoms with Gasteiger partial charge in [0.05, 0.1) is 10.8 Å². The Balaban J connectivity index is 1.95. The summed E-state index contributed by atoms with van der Waals surface area (Å²) in [7, 11) is -3.80. The summed E-state index contributed by atoms with van der Waals surface area (Å²) in [6.07, 6.45) is 2.73. The summed E-state index contributed by atoms with van der Waals surface area (Å²) in [5.74, 6) is -1.40. The van der Waals surface area contributed by atoms with Crippen LogP contribution in [0.15, 0.2) is 29.2 Å². The maximum absolute atomic E-state index is 12.6. The lowest BCUT2D eigenvalue weighted by molar-refractivity contribution is -0.143. The van der Waals surface area contributed by atoms with Gasteiger partial charge in [-0.05, 0) is 56.6 Å². The standard InChI is InChI=1S/C20H30N2O5S/c1-13(2)18(22-28(26,27)17-10-4-14(3)5-11-17)19(23)21-12-15-6-8-16(9-7-15)20(24)25/h4-5,10-11,13,15-16,18,22H,6-9,12H2,1-3H3,(H,21,23)(H,24,25)/t15?,16?,18-/m0/s1. The van der Waals surface area contributed by atoms with Gasteiger partial charge in [0.15, 0.2) is 0 Å². The largest absolute Gasteiger partial charge is 0.481 e. The highest BCUT2D eigenvalue weighted by Gasteiger charge is 2.30. The van der Waals surface area contributed by atoms with Crippen LogP contribution in [0.4, 0.5) is 0 Å². The molecule has 28 heavy (non-hydrogen) atoms. The number of amides is 1. The fraction of sp³-hybridized carbons (Fsp3) is 0.600. The molecule has 1 atom stereocenters. The summed E-state index contributed by atoms with van der Waals surface area (Å²) in [4.78, 5) is 23.8. The van der Waals surface area contributed by atoms with Crippen LogP contribution in [0.1, 0.15) is 45.1 Å². The molecule has 0 heterocycles. The molecule has 1 amide bonds. The minimum atomic E-state index is -3.80. The minimum Gasteiger partial charge on any atom is -0.481 e. The van der Waals surface area contributed by atoms with Gasteiger partial charge in [0.1, 0.15) is 6.04 Å². The Labute approximate surface area is 167 Å². The smallest absolute Gasteiger partial charge is 0.306 e. The maximum atomic E-state index is 12.6. The first-order valence-corrected chi connectivity index (χ1v) is 11.2. The average Bonchev–Trinajstić information content (AvgIpc) is 2.64. The Hall–Kier alpha value is -1.93. The summed E-state index contributed by atoms with van der Waals surface area (Å²) in [5.41, 5.74) is 0.953. The van der Waals surface area contributed by atoms with Gasteiger partial charge in [0, 0.05) is 6.54 Å². The Morgan fingerprint density at radius 1 is 1.11 bits per heavy atom. The van der Waals surface area contributed by atoms with E-state index in [4.69, 9.17) is 5.11 Å². The molecular weight excluding hydrogens is 380 g/mol. The lowest BCUT2D eigenvalue weighted by Gasteiger charge is -2.27. The predicted octanol–water partition coefficient (Wildman–Crippen LogP) is 2.31. The number of nitrogens with one attached hydrogen (secondary N) is 2. The third kappa shape index (κ3) is 6.04. The molecule has 7 nitrogen and oxygen atoms in total. The highest BCUT2D eigenvalue weighted by atomic mass is 32.2. The number of hydrogen-bond donors (Lipinski definition) is 3. The van der Waals surface area contributed by atoms with Crippen LogP contribution in [0.5, 0.6) is 0 Å². The van der Waals surface area contributed by atoms with Crippen LogP contribution in [0, 0.1) is 24.7 Å². The van der Waals surface area contributed by atoms with Crippen molar-refractivity contribution in [1.29, 1.82) is 0 Å². The molecule has 0 bridgehead atoms. The summed E-state index contributed by atoms with van der Waals surface area (Å²) >= 11 is 0. The molecule has 1 aromatic carbocycles. The number of aliphatic carboxylic acids is 1. The van der Waals surface area contributed by atoms with E-state index < -0.39 is 22.0 Å². The van der Waals surface area contributed by atoms with Crippen LogP contribution in [-0.4, -0.2) is 38.0 Å². The van der Waals surface area contributed by atoms with Gasteiger partial charge in [-0.25, -0.2) is 8.42 Å². The lowest BCUT2D eigenvalue weighted by Crippen LogP contribution is -2.50. The molecule has 8 heteroatoms. The number of carboxylic acids is 1. The molecule has 1 aliphatic rings. The van der Waals surface area contributed by atoms with E-state index in [9.17, 15) is 18.0 Å². The Kier molecular flexibility index (Phi) is 7.60. The van der Waals surface area contributed by atoms with Crippen LogP contribution in [0.2, 0.25) is 0 Å². The van der Waals surface area contributed by atoms with Gasteiger partial charge in [-0.15, -0.1) is 0 Å². The van der Waals surface area contributed by atoms with Crippen LogP contribution in [0.25, 0.3) is 0 Å². The van der Waals surface area contributed by atoms with Crippen molar-refractivity contribution < 1.29 is 23.1 Å². The molecule has 1 aliphatic carbocycles. The number of aryl methyl sites for hydroxylation is 1. The molecule has 0 unspecified atom stereocenters. The van der Waals surface area contributed by atoms with Gasteiger partial charge in [-0.2, -0.15) is 4.72 Å². The number of carbonyl (C=O) groups excluding carboxylic acids is 1. The molecular formula is C20H30N2O5S. The molecule has 2 rings (SSSR count). The first kappa shape index (κ1) is 22.4. The minimum absolute atomic E-state index is 0.128. The van der Waals surface area contributed by atoms with Crippen LogP contribution in [-0.2, 0) is 19.6 Å². The zero-order valence-corrected chi connectivity index (χ0v) is 17.5. The monoisotopic (exact) mass is 410 g/mol. The molecule has 1 fully saturated rings. The Bertz CT molecular complexity index is 781. The van der Waals surface area contributed by atoms with Crippen molar-refractivity contribution in [3.63, 3.8) is 0 Å². The number of hydrogen-bond acceptors (Lipinski definition) is 4. The zero-order valence-electron chi connectivity index (χ0n) is 16.6. The Morgan fingerprint density at radius 2 is 1.68 bits per heavy atom. The molecule has 0 aliphatic heterocycles. The fourth-order valence-electron chi connectivity index (χ4n) is 3.41. The molecule has 1 aromatic rings. The summed E-state index contributed by atoms with van der Waals surface area (Å²) < 4.78 is 27.8. The highest BCUT2D eigenvalue weighted by molar-refractivity contribution is 7.89. The molecule has 0 spiro atoms.